The summed E-state index contributed by atoms with van der Waals surface area (Å²) >= 11 is 0. The van der Waals surface area contributed by atoms with Gasteiger partial charge in [0, 0.05) is 5.41 Å². The molecule has 0 aromatic heterocycles. The van der Waals surface area contributed by atoms with E-state index in [1.807, 2.05) is 0 Å². The summed E-state index contributed by atoms with van der Waals surface area (Å²) in [5.74, 6) is 0.264. The molecular weight excluding hydrogens is 176 g/mol. The average molecular weight is 190 g/mol. The van der Waals surface area contributed by atoms with Crippen LogP contribution in [-0.2, 0) is 14.3 Å². The van der Waals surface area contributed by atoms with Crippen LogP contribution in [0.15, 0.2) is 0 Å². The van der Waals surface area contributed by atoms with Crippen LogP contribution < -0.4 is 0 Å². The van der Waals surface area contributed by atoms with E-state index in [2.05, 4.69) is 0 Å². The number of hydrogen-bond acceptors (Lipinski definition) is 3. The van der Waals surface area contributed by atoms with Crippen molar-refractivity contribution in [2.24, 2.45) is 5.41 Å². The molecule has 70 valence electrons. The van der Waals surface area contributed by atoms with E-state index in [1.165, 1.54) is 19.3 Å². The minimum Gasteiger partial charge on any atom is -0.269 e. The summed E-state index contributed by atoms with van der Waals surface area (Å²) in [5, 5.41) is 0. The Morgan fingerprint density at radius 1 is 1.08 bits per heavy atom. The van der Waals surface area contributed by atoms with Crippen LogP contribution >= 0.6 is 0 Å². The largest absolute Gasteiger partial charge is 0.269 e. The fourth-order valence-corrected chi connectivity index (χ4v) is 3.90. The van der Waals surface area contributed by atoms with Gasteiger partial charge in [0.1, 0.15) is 0 Å². The van der Waals surface area contributed by atoms with Crippen molar-refractivity contribution in [1.29, 1.82) is 0 Å². The zero-order valence-corrected chi connectivity index (χ0v) is 7.90. The Morgan fingerprint density at radius 2 is 1.75 bits per heavy atom. The molecule has 0 unspecified atom stereocenters. The van der Waals surface area contributed by atoms with E-state index in [0.29, 0.717) is 6.61 Å². The van der Waals surface area contributed by atoms with Crippen molar-refractivity contribution in [3.05, 3.63) is 0 Å². The summed E-state index contributed by atoms with van der Waals surface area (Å²) in [4.78, 5) is 0. The third-order valence-corrected chi connectivity index (χ3v) is 4.38. The molecule has 3 nitrogen and oxygen atoms in total. The quantitative estimate of drug-likeness (QED) is 0.541. The molecule has 0 radical (unpaired) electrons. The summed E-state index contributed by atoms with van der Waals surface area (Å²) in [6.07, 6.45) is 5.65. The zero-order chi connectivity index (χ0) is 8.66. The van der Waals surface area contributed by atoms with Gasteiger partial charge in [-0.05, 0) is 12.8 Å². The standard InChI is InChI=1S/C8H14O3S/c9-12(10)7-8(6-11-12)4-2-1-3-5-8/h1-7H2. The lowest BCUT2D eigenvalue weighted by Gasteiger charge is -2.29. The SMILES string of the molecule is O=S1(=O)CC2(CCCCC2)CO1. The van der Waals surface area contributed by atoms with Crippen molar-refractivity contribution in [3.63, 3.8) is 0 Å². The zero-order valence-electron chi connectivity index (χ0n) is 7.08. The molecule has 0 aromatic carbocycles. The van der Waals surface area contributed by atoms with E-state index < -0.39 is 10.1 Å². The van der Waals surface area contributed by atoms with Crippen LogP contribution in [0.1, 0.15) is 32.1 Å². The van der Waals surface area contributed by atoms with Crippen LogP contribution in [0, 0.1) is 5.41 Å². The highest BCUT2D eigenvalue weighted by molar-refractivity contribution is 7.87. The third-order valence-electron chi connectivity index (χ3n) is 2.94. The molecule has 0 bridgehead atoms. The van der Waals surface area contributed by atoms with Crippen LogP contribution in [-0.4, -0.2) is 20.8 Å². The van der Waals surface area contributed by atoms with Gasteiger partial charge in [0.25, 0.3) is 10.1 Å². The van der Waals surface area contributed by atoms with E-state index in [-0.39, 0.29) is 11.2 Å². The maximum Gasteiger partial charge on any atom is 0.267 e. The van der Waals surface area contributed by atoms with E-state index in [1.54, 1.807) is 0 Å². The second kappa shape index (κ2) is 2.70. The van der Waals surface area contributed by atoms with Gasteiger partial charge in [-0.3, -0.25) is 4.18 Å². The van der Waals surface area contributed by atoms with Gasteiger partial charge in [0.15, 0.2) is 0 Å². The van der Waals surface area contributed by atoms with Crippen molar-refractivity contribution in [3.8, 4) is 0 Å². The molecule has 1 heterocycles. The molecule has 0 atom stereocenters. The number of hydrogen-bond donors (Lipinski definition) is 0. The molecule has 2 fully saturated rings. The topological polar surface area (TPSA) is 43.4 Å². The van der Waals surface area contributed by atoms with Crippen molar-refractivity contribution >= 4 is 10.1 Å². The molecule has 1 saturated carbocycles. The molecule has 0 amide bonds. The Kier molecular flexibility index (Phi) is 1.92. The highest BCUT2D eigenvalue weighted by Gasteiger charge is 2.43. The first-order valence-corrected chi connectivity index (χ1v) is 6.07. The van der Waals surface area contributed by atoms with Gasteiger partial charge >= 0.3 is 0 Å². The maximum absolute atomic E-state index is 11.1. The minimum atomic E-state index is -3.15. The molecule has 0 aromatic rings. The van der Waals surface area contributed by atoms with Gasteiger partial charge < -0.3 is 0 Å². The van der Waals surface area contributed by atoms with Crippen LogP contribution in [0.2, 0.25) is 0 Å². The van der Waals surface area contributed by atoms with Crippen molar-refractivity contribution < 1.29 is 12.6 Å². The first-order valence-electron chi connectivity index (χ1n) is 4.49. The average Bonchev–Trinajstić information content (AvgIpc) is 2.29. The Morgan fingerprint density at radius 3 is 2.25 bits per heavy atom. The van der Waals surface area contributed by atoms with E-state index in [4.69, 9.17) is 4.18 Å². The van der Waals surface area contributed by atoms with Gasteiger partial charge in [0.2, 0.25) is 0 Å². The Bertz CT molecular complexity index is 262. The van der Waals surface area contributed by atoms with Crippen LogP contribution in [0.4, 0.5) is 0 Å². The number of rotatable bonds is 0. The highest BCUT2D eigenvalue weighted by atomic mass is 32.2. The fraction of sp³-hybridized carbons (Fsp3) is 1.00. The Balaban J connectivity index is 2.13. The second-order valence-electron chi connectivity index (χ2n) is 4.02. The summed E-state index contributed by atoms with van der Waals surface area (Å²) in [5.41, 5.74) is -0.00289. The molecule has 1 spiro atoms. The summed E-state index contributed by atoms with van der Waals surface area (Å²) in [6.45, 7) is 0.440. The van der Waals surface area contributed by atoms with Gasteiger partial charge in [-0.1, -0.05) is 19.3 Å². The molecule has 0 N–H and O–H groups in total. The fourth-order valence-electron chi connectivity index (χ4n) is 2.26. The summed E-state index contributed by atoms with van der Waals surface area (Å²) in [7, 11) is -3.15. The Hall–Kier alpha value is -0.0900. The van der Waals surface area contributed by atoms with E-state index in [0.717, 1.165) is 12.8 Å². The van der Waals surface area contributed by atoms with Gasteiger partial charge in [-0.2, -0.15) is 8.42 Å². The first kappa shape index (κ1) is 8.51. The predicted molar refractivity (Wildman–Crippen MR) is 45.3 cm³/mol. The van der Waals surface area contributed by atoms with Crippen molar-refractivity contribution in [1.82, 2.24) is 0 Å². The minimum absolute atomic E-state index is 0.00289. The summed E-state index contributed by atoms with van der Waals surface area (Å²) < 4.78 is 27.0. The molecule has 4 heteroatoms. The first-order chi connectivity index (χ1) is 5.62. The normalized spacial score (nSPS) is 32.3. The molecule has 1 aliphatic heterocycles. The maximum atomic E-state index is 11.1. The van der Waals surface area contributed by atoms with Crippen LogP contribution in [0.3, 0.4) is 0 Å². The van der Waals surface area contributed by atoms with Gasteiger partial charge in [-0.15, -0.1) is 0 Å². The third kappa shape index (κ3) is 1.50. The molecular formula is C8H14O3S. The molecule has 2 rings (SSSR count). The Labute approximate surface area is 73.2 Å². The molecule has 2 aliphatic rings. The van der Waals surface area contributed by atoms with Crippen molar-refractivity contribution in [2.75, 3.05) is 12.4 Å². The lowest BCUT2D eigenvalue weighted by Crippen LogP contribution is -2.27. The molecule has 12 heavy (non-hydrogen) atoms. The van der Waals surface area contributed by atoms with Gasteiger partial charge in [-0.25, -0.2) is 0 Å². The van der Waals surface area contributed by atoms with Crippen LogP contribution in [0.25, 0.3) is 0 Å². The van der Waals surface area contributed by atoms with Crippen molar-refractivity contribution in [2.45, 2.75) is 32.1 Å². The van der Waals surface area contributed by atoms with Crippen LogP contribution in [0.5, 0.6) is 0 Å². The second-order valence-corrected chi connectivity index (χ2v) is 5.66. The van der Waals surface area contributed by atoms with E-state index >= 15 is 0 Å². The monoisotopic (exact) mass is 190 g/mol. The van der Waals surface area contributed by atoms with E-state index in [9.17, 15) is 8.42 Å². The summed E-state index contributed by atoms with van der Waals surface area (Å²) in [6, 6.07) is 0. The van der Waals surface area contributed by atoms with Gasteiger partial charge in [0.05, 0.1) is 12.4 Å². The predicted octanol–water partition coefficient (Wildman–Crippen LogP) is 1.30. The molecule has 1 aliphatic carbocycles. The highest BCUT2D eigenvalue weighted by Crippen LogP contribution is 2.41. The lowest BCUT2D eigenvalue weighted by molar-refractivity contribution is 0.160. The smallest absolute Gasteiger partial charge is 0.267 e. The molecule has 1 saturated heterocycles. The lowest BCUT2D eigenvalue weighted by atomic mass is 9.76.